The van der Waals surface area contributed by atoms with Gasteiger partial charge in [-0.05, 0) is 24.1 Å². The van der Waals surface area contributed by atoms with Crippen LogP contribution in [0.15, 0.2) is 18.2 Å². The molecule has 0 saturated heterocycles. The van der Waals surface area contributed by atoms with Crippen molar-refractivity contribution in [3.8, 4) is 5.75 Å². The fourth-order valence-electron chi connectivity index (χ4n) is 1.50. The van der Waals surface area contributed by atoms with Crippen molar-refractivity contribution < 1.29 is 19.0 Å². The zero-order valence-corrected chi connectivity index (χ0v) is 10.3. The average molecular weight is 242 g/mol. The number of rotatable bonds is 7. The Hall–Kier alpha value is -1.13. The lowest BCUT2D eigenvalue weighted by Crippen LogP contribution is -2.04. The molecule has 0 bridgehead atoms. The molecule has 0 aliphatic carbocycles. The first-order valence-electron chi connectivity index (χ1n) is 5.78. The van der Waals surface area contributed by atoms with Gasteiger partial charge in [-0.2, -0.15) is 0 Å². The van der Waals surface area contributed by atoms with Gasteiger partial charge in [-0.15, -0.1) is 0 Å². The zero-order chi connectivity index (χ0) is 12.7. The Kier molecular flexibility index (Phi) is 5.94. The molecule has 3 nitrogen and oxygen atoms in total. The third-order valence-corrected chi connectivity index (χ3v) is 2.44. The van der Waals surface area contributed by atoms with Gasteiger partial charge in [0, 0.05) is 19.6 Å². The van der Waals surface area contributed by atoms with E-state index in [0.29, 0.717) is 25.2 Å². The summed E-state index contributed by atoms with van der Waals surface area (Å²) in [5.74, 6) is -0.276. The molecule has 1 aromatic carbocycles. The van der Waals surface area contributed by atoms with Gasteiger partial charge in [0.15, 0.2) is 11.6 Å². The molecule has 0 saturated carbocycles. The summed E-state index contributed by atoms with van der Waals surface area (Å²) >= 11 is 0. The molecule has 1 atom stereocenters. The third kappa shape index (κ3) is 4.32. The van der Waals surface area contributed by atoms with Gasteiger partial charge in [-0.25, -0.2) is 4.39 Å². The molecular weight excluding hydrogens is 223 g/mol. The van der Waals surface area contributed by atoms with Crippen LogP contribution in [0.4, 0.5) is 4.39 Å². The van der Waals surface area contributed by atoms with Gasteiger partial charge >= 0.3 is 0 Å². The van der Waals surface area contributed by atoms with Gasteiger partial charge in [-0.3, -0.25) is 0 Å². The van der Waals surface area contributed by atoms with E-state index in [1.54, 1.807) is 6.07 Å². The van der Waals surface area contributed by atoms with Crippen LogP contribution in [0.3, 0.4) is 0 Å². The monoisotopic (exact) mass is 242 g/mol. The highest BCUT2D eigenvalue weighted by molar-refractivity contribution is 5.30. The smallest absolute Gasteiger partial charge is 0.165 e. The maximum Gasteiger partial charge on any atom is 0.165 e. The van der Waals surface area contributed by atoms with Gasteiger partial charge in [0.2, 0.25) is 0 Å². The molecule has 4 heteroatoms. The Morgan fingerprint density at radius 2 is 2.12 bits per heavy atom. The van der Waals surface area contributed by atoms with Crippen molar-refractivity contribution in [2.24, 2.45) is 0 Å². The minimum absolute atomic E-state index is 0.184. The molecule has 96 valence electrons. The van der Waals surface area contributed by atoms with Crippen molar-refractivity contribution >= 4 is 0 Å². The first-order chi connectivity index (χ1) is 8.19. The predicted octanol–water partition coefficient (Wildman–Crippen LogP) is 2.68. The second-order valence-electron chi connectivity index (χ2n) is 3.81. The SMILES string of the molecule is CCCOCCC(O)c1ccc(OC)c(F)c1. The summed E-state index contributed by atoms with van der Waals surface area (Å²) in [6.07, 6.45) is 0.714. The molecule has 0 amide bonds. The first-order valence-corrected chi connectivity index (χ1v) is 5.78. The predicted molar refractivity (Wildman–Crippen MR) is 63.6 cm³/mol. The molecule has 0 heterocycles. The van der Waals surface area contributed by atoms with Crippen LogP contribution in [0, 0.1) is 5.82 Å². The Morgan fingerprint density at radius 1 is 1.35 bits per heavy atom. The number of aliphatic hydroxyl groups is 1. The van der Waals surface area contributed by atoms with Crippen molar-refractivity contribution in [2.75, 3.05) is 20.3 Å². The molecule has 0 fully saturated rings. The zero-order valence-electron chi connectivity index (χ0n) is 10.3. The van der Waals surface area contributed by atoms with E-state index in [0.717, 1.165) is 6.42 Å². The number of benzene rings is 1. The maximum absolute atomic E-state index is 13.4. The van der Waals surface area contributed by atoms with Crippen LogP contribution >= 0.6 is 0 Å². The molecule has 17 heavy (non-hydrogen) atoms. The van der Waals surface area contributed by atoms with Gasteiger partial charge < -0.3 is 14.6 Å². The number of aliphatic hydroxyl groups excluding tert-OH is 1. The molecule has 1 rings (SSSR count). The van der Waals surface area contributed by atoms with Crippen LogP contribution in [0.1, 0.15) is 31.4 Å². The average Bonchev–Trinajstić information content (AvgIpc) is 2.34. The van der Waals surface area contributed by atoms with Gasteiger partial charge in [0.1, 0.15) is 0 Å². The van der Waals surface area contributed by atoms with Crippen LogP contribution in [0.5, 0.6) is 5.75 Å². The summed E-state index contributed by atoms with van der Waals surface area (Å²) in [7, 11) is 1.41. The number of methoxy groups -OCH3 is 1. The van der Waals surface area contributed by atoms with E-state index in [-0.39, 0.29) is 5.75 Å². The van der Waals surface area contributed by atoms with Crippen LogP contribution in [0.2, 0.25) is 0 Å². The highest BCUT2D eigenvalue weighted by atomic mass is 19.1. The second kappa shape index (κ2) is 7.25. The van der Waals surface area contributed by atoms with Crippen molar-refractivity contribution in [3.05, 3.63) is 29.6 Å². The number of hydrogen-bond donors (Lipinski definition) is 1. The van der Waals surface area contributed by atoms with Crippen molar-refractivity contribution in [2.45, 2.75) is 25.9 Å². The Labute approximate surface area is 101 Å². The summed E-state index contributed by atoms with van der Waals surface area (Å²) in [4.78, 5) is 0. The van der Waals surface area contributed by atoms with Crippen LogP contribution in [-0.2, 0) is 4.74 Å². The largest absolute Gasteiger partial charge is 0.494 e. The summed E-state index contributed by atoms with van der Waals surface area (Å²) in [6, 6.07) is 4.47. The Bertz CT molecular complexity index is 341. The van der Waals surface area contributed by atoms with Crippen LogP contribution in [0.25, 0.3) is 0 Å². The summed E-state index contributed by atoms with van der Waals surface area (Å²) in [5, 5.41) is 9.82. The van der Waals surface area contributed by atoms with Gasteiger partial charge in [0.25, 0.3) is 0 Å². The number of hydrogen-bond acceptors (Lipinski definition) is 3. The molecule has 0 radical (unpaired) electrons. The molecule has 1 aromatic rings. The van der Waals surface area contributed by atoms with E-state index in [9.17, 15) is 9.50 Å². The first kappa shape index (κ1) is 13.9. The minimum atomic E-state index is -0.702. The highest BCUT2D eigenvalue weighted by Crippen LogP contribution is 2.23. The lowest BCUT2D eigenvalue weighted by Gasteiger charge is -2.12. The summed E-state index contributed by atoms with van der Waals surface area (Å²) < 4.78 is 23.5. The second-order valence-corrected chi connectivity index (χ2v) is 3.81. The van der Waals surface area contributed by atoms with Gasteiger partial charge in [0.05, 0.1) is 13.2 Å². The Morgan fingerprint density at radius 3 is 2.71 bits per heavy atom. The molecule has 0 spiro atoms. The van der Waals surface area contributed by atoms with Crippen molar-refractivity contribution in [1.82, 2.24) is 0 Å². The fraction of sp³-hybridized carbons (Fsp3) is 0.538. The van der Waals surface area contributed by atoms with E-state index in [1.807, 2.05) is 6.92 Å². The van der Waals surface area contributed by atoms with E-state index < -0.39 is 11.9 Å². The van der Waals surface area contributed by atoms with Crippen molar-refractivity contribution in [3.63, 3.8) is 0 Å². The summed E-state index contributed by atoms with van der Waals surface area (Å²) in [6.45, 7) is 3.18. The highest BCUT2D eigenvalue weighted by Gasteiger charge is 2.10. The van der Waals surface area contributed by atoms with Crippen LogP contribution in [-0.4, -0.2) is 25.4 Å². The maximum atomic E-state index is 13.4. The summed E-state index contributed by atoms with van der Waals surface area (Å²) in [5.41, 5.74) is 0.545. The molecule has 1 N–H and O–H groups in total. The minimum Gasteiger partial charge on any atom is -0.494 e. The van der Waals surface area contributed by atoms with E-state index in [4.69, 9.17) is 9.47 Å². The molecule has 0 aliphatic rings. The number of ether oxygens (including phenoxy) is 2. The fourth-order valence-corrected chi connectivity index (χ4v) is 1.50. The van der Waals surface area contributed by atoms with Gasteiger partial charge in [-0.1, -0.05) is 13.0 Å². The van der Waals surface area contributed by atoms with Crippen LogP contribution < -0.4 is 4.74 Å². The third-order valence-electron chi connectivity index (χ3n) is 2.44. The standard InChI is InChI=1S/C13H19FO3/c1-3-7-17-8-6-12(15)10-4-5-13(16-2)11(14)9-10/h4-5,9,12,15H,3,6-8H2,1-2H3. The normalized spacial score (nSPS) is 12.5. The molecule has 1 unspecified atom stereocenters. The topological polar surface area (TPSA) is 38.7 Å². The molecule has 0 aliphatic heterocycles. The number of halogens is 1. The van der Waals surface area contributed by atoms with E-state index in [1.165, 1.54) is 19.2 Å². The Balaban J connectivity index is 2.51. The molecule has 0 aromatic heterocycles. The quantitative estimate of drug-likeness (QED) is 0.747. The lowest BCUT2D eigenvalue weighted by atomic mass is 10.1. The molecular formula is C13H19FO3. The van der Waals surface area contributed by atoms with E-state index >= 15 is 0 Å². The van der Waals surface area contributed by atoms with E-state index in [2.05, 4.69) is 0 Å². The lowest BCUT2D eigenvalue weighted by molar-refractivity contribution is 0.0820. The van der Waals surface area contributed by atoms with Crippen molar-refractivity contribution in [1.29, 1.82) is 0 Å².